The Hall–Kier alpha value is -1.59. The molecule has 1 aromatic carbocycles. The van der Waals surface area contributed by atoms with Gasteiger partial charge in [0, 0.05) is 18.3 Å². The molecule has 5 heteroatoms. The molecule has 0 saturated heterocycles. The second-order valence-corrected chi connectivity index (χ2v) is 4.89. The number of nitrogens with one attached hydrogen (secondary N) is 2. The Morgan fingerprint density at radius 3 is 2.95 bits per heavy atom. The maximum absolute atomic E-state index is 11.9. The molecular formula is C14H21N3O2. The summed E-state index contributed by atoms with van der Waals surface area (Å²) >= 11 is 0. The summed E-state index contributed by atoms with van der Waals surface area (Å²) in [4.78, 5) is 11.9. The number of ether oxygens (including phenoxy) is 1. The minimum atomic E-state index is -0.240. The van der Waals surface area contributed by atoms with Gasteiger partial charge in [0.05, 0.1) is 12.1 Å². The third kappa shape index (κ3) is 3.45. The molecule has 3 atom stereocenters. The van der Waals surface area contributed by atoms with Gasteiger partial charge in [-0.2, -0.15) is 0 Å². The molecule has 1 saturated carbocycles. The van der Waals surface area contributed by atoms with Gasteiger partial charge in [0.15, 0.2) is 0 Å². The molecule has 1 aliphatic carbocycles. The van der Waals surface area contributed by atoms with Gasteiger partial charge in [0.2, 0.25) is 0 Å². The average molecular weight is 263 g/mol. The maximum atomic E-state index is 11.9. The number of carbonyl (C=O) groups excluding carboxylic acids is 1. The highest BCUT2D eigenvalue weighted by atomic mass is 16.5. The minimum absolute atomic E-state index is 0.0280. The van der Waals surface area contributed by atoms with Crippen LogP contribution in [-0.2, 0) is 4.74 Å². The number of amides is 2. The first-order chi connectivity index (χ1) is 9.10. The predicted molar refractivity (Wildman–Crippen MR) is 75.1 cm³/mol. The molecule has 1 aliphatic rings. The molecule has 2 rings (SSSR count). The zero-order chi connectivity index (χ0) is 13.8. The standard InChI is InChI=1S/C14H21N3O2/c1-3-19-12-8-11(15)13(12)17-14(18)16-10-6-4-5-9(2)7-10/h4-7,11-13H,3,8,15H2,1-2H3,(H2,16,17,18). The van der Waals surface area contributed by atoms with E-state index < -0.39 is 0 Å². The Balaban J connectivity index is 1.87. The third-order valence-electron chi connectivity index (χ3n) is 3.32. The van der Waals surface area contributed by atoms with Crippen molar-refractivity contribution in [1.29, 1.82) is 0 Å². The summed E-state index contributed by atoms with van der Waals surface area (Å²) in [6.45, 7) is 4.55. The van der Waals surface area contributed by atoms with Crippen molar-refractivity contribution in [2.75, 3.05) is 11.9 Å². The fourth-order valence-electron chi connectivity index (χ4n) is 2.27. The van der Waals surface area contributed by atoms with E-state index in [2.05, 4.69) is 10.6 Å². The molecule has 104 valence electrons. The number of nitrogens with two attached hydrogens (primary N) is 1. The summed E-state index contributed by atoms with van der Waals surface area (Å²) in [7, 11) is 0. The summed E-state index contributed by atoms with van der Waals surface area (Å²) < 4.78 is 5.51. The van der Waals surface area contributed by atoms with Gasteiger partial charge in [-0.25, -0.2) is 4.79 Å². The van der Waals surface area contributed by atoms with Crippen LogP contribution in [0, 0.1) is 6.92 Å². The molecular weight excluding hydrogens is 242 g/mol. The van der Waals surface area contributed by atoms with Crippen molar-refractivity contribution < 1.29 is 9.53 Å². The quantitative estimate of drug-likeness (QED) is 0.772. The number of carbonyl (C=O) groups is 1. The molecule has 0 heterocycles. The number of aryl methyl sites for hydroxylation is 1. The van der Waals surface area contributed by atoms with Gasteiger partial charge in [-0.1, -0.05) is 12.1 Å². The lowest BCUT2D eigenvalue weighted by molar-refractivity contribution is -0.0277. The first kappa shape index (κ1) is 13.8. The second-order valence-electron chi connectivity index (χ2n) is 4.89. The summed E-state index contributed by atoms with van der Waals surface area (Å²) in [6, 6.07) is 7.28. The van der Waals surface area contributed by atoms with Crippen LogP contribution in [0.2, 0.25) is 0 Å². The van der Waals surface area contributed by atoms with Crippen molar-refractivity contribution in [3.05, 3.63) is 29.8 Å². The van der Waals surface area contributed by atoms with Crippen LogP contribution in [0.4, 0.5) is 10.5 Å². The van der Waals surface area contributed by atoms with E-state index in [0.29, 0.717) is 6.61 Å². The van der Waals surface area contributed by atoms with Crippen molar-refractivity contribution in [2.45, 2.75) is 38.5 Å². The van der Waals surface area contributed by atoms with Crippen LogP contribution in [0.5, 0.6) is 0 Å². The van der Waals surface area contributed by atoms with Crippen molar-refractivity contribution >= 4 is 11.7 Å². The van der Waals surface area contributed by atoms with E-state index in [1.807, 2.05) is 38.1 Å². The van der Waals surface area contributed by atoms with Crippen LogP contribution in [0.1, 0.15) is 18.9 Å². The molecule has 0 aromatic heterocycles. The SMILES string of the molecule is CCOC1CC(N)C1NC(=O)Nc1cccc(C)c1. The average Bonchev–Trinajstić information content (AvgIpc) is 2.36. The van der Waals surface area contributed by atoms with Gasteiger partial charge in [-0.15, -0.1) is 0 Å². The monoisotopic (exact) mass is 263 g/mol. The summed E-state index contributed by atoms with van der Waals surface area (Å²) in [6.07, 6.45) is 0.826. The highest BCUT2D eigenvalue weighted by Crippen LogP contribution is 2.22. The molecule has 1 fully saturated rings. The van der Waals surface area contributed by atoms with Gasteiger partial charge in [-0.05, 0) is 38.0 Å². The van der Waals surface area contributed by atoms with Crippen LogP contribution >= 0.6 is 0 Å². The van der Waals surface area contributed by atoms with E-state index in [1.54, 1.807) is 0 Å². The number of hydrogen-bond acceptors (Lipinski definition) is 3. The van der Waals surface area contributed by atoms with Crippen LogP contribution in [-0.4, -0.2) is 30.8 Å². The molecule has 0 aliphatic heterocycles. The van der Waals surface area contributed by atoms with E-state index in [4.69, 9.17) is 10.5 Å². The zero-order valence-electron chi connectivity index (χ0n) is 11.3. The summed E-state index contributed by atoms with van der Waals surface area (Å²) in [5, 5.41) is 5.67. The Labute approximate surface area is 113 Å². The Morgan fingerprint density at radius 2 is 2.32 bits per heavy atom. The molecule has 2 amide bonds. The van der Waals surface area contributed by atoms with E-state index in [-0.39, 0.29) is 24.2 Å². The number of hydrogen-bond donors (Lipinski definition) is 3. The van der Waals surface area contributed by atoms with Gasteiger partial charge in [0.25, 0.3) is 0 Å². The van der Waals surface area contributed by atoms with Gasteiger partial charge in [0.1, 0.15) is 0 Å². The Bertz CT molecular complexity index is 448. The van der Waals surface area contributed by atoms with E-state index in [0.717, 1.165) is 17.7 Å². The lowest BCUT2D eigenvalue weighted by Crippen LogP contribution is -2.65. The summed E-state index contributed by atoms with van der Waals surface area (Å²) in [5.41, 5.74) is 7.77. The molecule has 19 heavy (non-hydrogen) atoms. The van der Waals surface area contributed by atoms with Gasteiger partial charge < -0.3 is 21.1 Å². The fourth-order valence-corrected chi connectivity index (χ4v) is 2.27. The van der Waals surface area contributed by atoms with Crippen LogP contribution in [0.25, 0.3) is 0 Å². The van der Waals surface area contributed by atoms with Gasteiger partial charge in [-0.3, -0.25) is 0 Å². The minimum Gasteiger partial charge on any atom is -0.376 e. The van der Waals surface area contributed by atoms with Crippen molar-refractivity contribution in [3.63, 3.8) is 0 Å². The number of anilines is 1. The molecule has 0 spiro atoms. The number of rotatable bonds is 4. The number of urea groups is 1. The smallest absolute Gasteiger partial charge is 0.319 e. The van der Waals surface area contributed by atoms with Crippen LogP contribution in [0.3, 0.4) is 0 Å². The largest absolute Gasteiger partial charge is 0.376 e. The normalized spacial score (nSPS) is 25.5. The van der Waals surface area contributed by atoms with E-state index >= 15 is 0 Å². The first-order valence-electron chi connectivity index (χ1n) is 6.61. The molecule has 0 radical (unpaired) electrons. The molecule has 1 aromatic rings. The molecule has 5 nitrogen and oxygen atoms in total. The van der Waals surface area contributed by atoms with Crippen molar-refractivity contribution in [3.8, 4) is 0 Å². The predicted octanol–water partition coefficient (Wildman–Crippen LogP) is 1.62. The third-order valence-corrected chi connectivity index (χ3v) is 3.32. The molecule has 0 bridgehead atoms. The van der Waals surface area contributed by atoms with Crippen molar-refractivity contribution in [2.24, 2.45) is 5.73 Å². The van der Waals surface area contributed by atoms with E-state index in [9.17, 15) is 4.79 Å². The number of benzene rings is 1. The lowest BCUT2D eigenvalue weighted by Gasteiger charge is -2.42. The van der Waals surface area contributed by atoms with Crippen LogP contribution in [0.15, 0.2) is 24.3 Å². The lowest BCUT2D eigenvalue weighted by atomic mass is 9.83. The Kier molecular flexibility index (Phi) is 4.39. The second kappa shape index (κ2) is 6.04. The topological polar surface area (TPSA) is 76.4 Å². The molecule has 3 unspecified atom stereocenters. The maximum Gasteiger partial charge on any atom is 0.319 e. The van der Waals surface area contributed by atoms with Crippen molar-refractivity contribution in [1.82, 2.24) is 5.32 Å². The van der Waals surface area contributed by atoms with E-state index in [1.165, 1.54) is 0 Å². The summed E-state index contributed by atoms with van der Waals surface area (Å²) in [5.74, 6) is 0. The highest BCUT2D eigenvalue weighted by Gasteiger charge is 2.40. The highest BCUT2D eigenvalue weighted by molar-refractivity contribution is 5.89. The Morgan fingerprint density at radius 1 is 1.53 bits per heavy atom. The molecule has 4 N–H and O–H groups in total. The van der Waals surface area contributed by atoms with Gasteiger partial charge >= 0.3 is 6.03 Å². The fraction of sp³-hybridized carbons (Fsp3) is 0.500. The van der Waals surface area contributed by atoms with Crippen LogP contribution < -0.4 is 16.4 Å². The first-order valence-corrected chi connectivity index (χ1v) is 6.61. The zero-order valence-corrected chi connectivity index (χ0v) is 11.3.